The molecule has 6 nitrogen and oxygen atoms in total. The molecular weight excluding hydrogens is 438 g/mol. The quantitative estimate of drug-likeness (QED) is 0.287. The molecule has 4 aromatic rings. The topological polar surface area (TPSA) is 64.5 Å². The van der Waals surface area contributed by atoms with Crippen LogP contribution < -0.4 is 20.1 Å². The lowest BCUT2D eigenvalue weighted by Gasteiger charge is -2.10. The molecule has 0 aliphatic heterocycles. The molecule has 1 aromatic heterocycles. The van der Waals surface area contributed by atoms with Gasteiger partial charge in [-0.25, -0.2) is 0 Å². The second kappa shape index (κ2) is 12.1. The molecule has 2 N–H and O–H groups in total. The van der Waals surface area contributed by atoms with Crippen molar-refractivity contribution in [2.75, 3.05) is 26.8 Å². The van der Waals surface area contributed by atoms with E-state index in [0.717, 1.165) is 54.0 Å². The Morgan fingerprint density at radius 2 is 1.80 bits per heavy atom. The van der Waals surface area contributed by atoms with Crippen molar-refractivity contribution in [1.29, 1.82) is 0 Å². The molecule has 0 radical (unpaired) electrons. The van der Waals surface area contributed by atoms with Crippen LogP contribution in [0.5, 0.6) is 11.5 Å². The van der Waals surface area contributed by atoms with E-state index in [9.17, 15) is 4.79 Å². The Kier molecular flexibility index (Phi) is 8.41. The molecule has 6 heteroatoms. The highest BCUT2D eigenvalue weighted by Gasteiger charge is 2.17. The van der Waals surface area contributed by atoms with Crippen LogP contribution in [0.15, 0.2) is 79.0 Å². The molecule has 1 amide bonds. The van der Waals surface area contributed by atoms with E-state index in [2.05, 4.69) is 34.3 Å². The average Bonchev–Trinajstić information content (AvgIpc) is 3.26. The third-order valence-electron chi connectivity index (χ3n) is 5.90. The van der Waals surface area contributed by atoms with Crippen molar-refractivity contribution < 1.29 is 14.3 Å². The van der Waals surface area contributed by atoms with Crippen LogP contribution in [0.3, 0.4) is 0 Å². The van der Waals surface area contributed by atoms with Gasteiger partial charge in [-0.2, -0.15) is 0 Å². The zero-order chi connectivity index (χ0) is 24.5. The van der Waals surface area contributed by atoms with Crippen LogP contribution in [0, 0.1) is 6.92 Å². The second-order valence-electron chi connectivity index (χ2n) is 8.53. The highest BCUT2D eigenvalue weighted by Crippen LogP contribution is 2.30. The van der Waals surface area contributed by atoms with Gasteiger partial charge in [0.05, 0.1) is 18.2 Å². The molecule has 182 valence electrons. The Balaban J connectivity index is 1.36. The molecule has 35 heavy (non-hydrogen) atoms. The van der Waals surface area contributed by atoms with Crippen LogP contribution in [-0.4, -0.2) is 37.3 Å². The van der Waals surface area contributed by atoms with Crippen LogP contribution in [0.1, 0.15) is 27.9 Å². The van der Waals surface area contributed by atoms with Gasteiger partial charge in [0.15, 0.2) is 0 Å². The Hall–Kier alpha value is -3.77. The number of carbonyl (C=O) groups is 1. The predicted octanol–water partition coefficient (Wildman–Crippen LogP) is 4.95. The summed E-state index contributed by atoms with van der Waals surface area (Å²) in [7, 11) is 1.66. The highest BCUT2D eigenvalue weighted by atomic mass is 16.5. The molecule has 3 aromatic carbocycles. The smallest absolute Gasteiger partial charge is 0.253 e. The van der Waals surface area contributed by atoms with E-state index in [1.54, 1.807) is 7.11 Å². The maximum atomic E-state index is 13.1. The van der Waals surface area contributed by atoms with Crippen molar-refractivity contribution in [3.05, 3.63) is 95.7 Å². The largest absolute Gasteiger partial charge is 0.495 e. The maximum Gasteiger partial charge on any atom is 0.253 e. The second-order valence-corrected chi connectivity index (χ2v) is 8.53. The fourth-order valence-corrected chi connectivity index (χ4v) is 4.20. The van der Waals surface area contributed by atoms with E-state index < -0.39 is 0 Å². The molecule has 0 spiro atoms. The minimum Gasteiger partial charge on any atom is -0.495 e. The molecule has 0 aliphatic rings. The molecular formula is C29H33N3O3. The number of benzene rings is 3. The summed E-state index contributed by atoms with van der Waals surface area (Å²) in [6.07, 6.45) is 2.86. The lowest BCUT2D eigenvalue weighted by molar-refractivity contribution is 0.0952. The standard InChI is InChI=1S/C29H33N3O3/c1-22-9-6-10-23(19-22)20-31-29(33)26-21-32(28-25(26)13-7-14-27(28)34-2)17-8-15-30-16-18-35-24-11-4-3-5-12-24/h3-7,9-14,19,21,30H,8,15-18,20H2,1-2H3,(H,31,33). The van der Waals surface area contributed by atoms with Crippen molar-refractivity contribution in [2.45, 2.75) is 26.4 Å². The van der Waals surface area contributed by atoms with Gasteiger partial charge in [0.1, 0.15) is 18.1 Å². The van der Waals surface area contributed by atoms with Crippen molar-refractivity contribution in [1.82, 2.24) is 15.2 Å². The van der Waals surface area contributed by atoms with Crippen LogP contribution >= 0.6 is 0 Å². The summed E-state index contributed by atoms with van der Waals surface area (Å²) in [5.41, 5.74) is 3.87. The van der Waals surface area contributed by atoms with Crippen molar-refractivity contribution >= 4 is 16.8 Å². The number of carbonyl (C=O) groups excluding carboxylic acids is 1. The van der Waals surface area contributed by atoms with Crippen molar-refractivity contribution in [3.63, 3.8) is 0 Å². The molecule has 4 rings (SSSR count). The molecule has 0 aliphatic carbocycles. The van der Waals surface area contributed by atoms with Gasteiger partial charge in [-0.3, -0.25) is 4.79 Å². The Morgan fingerprint density at radius 1 is 0.971 bits per heavy atom. The number of aryl methyl sites for hydroxylation is 2. The van der Waals surface area contributed by atoms with Crippen molar-refractivity contribution in [3.8, 4) is 11.5 Å². The van der Waals surface area contributed by atoms with Crippen LogP contribution in [0.25, 0.3) is 10.9 Å². The molecule has 1 heterocycles. The van der Waals surface area contributed by atoms with Crippen LogP contribution in [-0.2, 0) is 13.1 Å². The van der Waals surface area contributed by atoms with Gasteiger partial charge in [-0.1, -0.05) is 60.2 Å². The SMILES string of the molecule is COc1cccc2c(C(=O)NCc3cccc(C)c3)cn(CCCNCCOc3ccccc3)c12. The van der Waals surface area contributed by atoms with Gasteiger partial charge in [-0.15, -0.1) is 0 Å². The zero-order valence-corrected chi connectivity index (χ0v) is 20.4. The predicted molar refractivity (Wildman–Crippen MR) is 140 cm³/mol. The highest BCUT2D eigenvalue weighted by molar-refractivity contribution is 6.08. The van der Waals surface area contributed by atoms with Crippen molar-refractivity contribution in [2.24, 2.45) is 0 Å². The van der Waals surface area contributed by atoms with E-state index >= 15 is 0 Å². The fraction of sp³-hybridized carbons (Fsp3) is 0.276. The van der Waals surface area contributed by atoms with Crippen LogP contribution in [0.2, 0.25) is 0 Å². The summed E-state index contributed by atoms with van der Waals surface area (Å²) in [5.74, 6) is 1.57. The van der Waals surface area contributed by atoms with Gasteiger partial charge < -0.3 is 24.7 Å². The van der Waals surface area contributed by atoms with E-state index in [4.69, 9.17) is 9.47 Å². The number of hydrogen-bond acceptors (Lipinski definition) is 4. The summed E-state index contributed by atoms with van der Waals surface area (Å²) in [5, 5.41) is 7.39. The first-order valence-electron chi connectivity index (χ1n) is 12.0. The summed E-state index contributed by atoms with van der Waals surface area (Å²) >= 11 is 0. The first kappa shape index (κ1) is 24.4. The van der Waals surface area contributed by atoms with E-state index in [-0.39, 0.29) is 5.91 Å². The van der Waals surface area contributed by atoms with Crippen LogP contribution in [0.4, 0.5) is 0 Å². The Labute approximate surface area is 206 Å². The zero-order valence-electron chi connectivity index (χ0n) is 20.4. The summed E-state index contributed by atoms with van der Waals surface area (Å²) in [6.45, 7) is 5.56. The third-order valence-corrected chi connectivity index (χ3v) is 5.90. The van der Waals surface area contributed by atoms with Gasteiger partial charge in [0.2, 0.25) is 0 Å². The van der Waals surface area contributed by atoms with Gasteiger partial charge in [0.25, 0.3) is 5.91 Å². The number of nitrogens with one attached hydrogen (secondary N) is 2. The summed E-state index contributed by atoms with van der Waals surface area (Å²) in [6, 6.07) is 23.8. The lowest BCUT2D eigenvalue weighted by Crippen LogP contribution is -2.23. The molecule has 0 unspecified atom stereocenters. The number of rotatable bonds is 12. The normalized spacial score (nSPS) is 10.9. The molecule has 0 saturated carbocycles. The fourth-order valence-electron chi connectivity index (χ4n) is 4.20. The first-order chi connectivity index (χ1) is 17.2. The number of ether oxygens (including phenoxy) is 2. The lowest BCUT2D eigenvalue weighted by atomic mass is 10.1. The summed E-state index contributed by atoms with van der Waals surface area (Å²) in [4.78, 5) is 13.1. The number of methoxy groups -OCH3 is 1. The van der Waals surface area contributed by atoms with Gasteiger partial charge in [-0.05, 0) is 43.7 Å². The number of fused-ring (bicyclic) bond motifs is 1. The van der Waals surface area contributed by atoms with Gasteiger partial charge >= 0.3 is 0 Å². The monoisotopic (exact) mass is 471 g/mol. The van der Waals surface area contributed by atoms with Gasteiger partial charge in [0, 0.05) is 31.2 Å². The molecule has 0 bridgehead atoms. The Bertz CT molecular complexity index is 1250. The summed E-state index contributed by atoms with van der Waals surface area (Å²) < 4.78 is 13.5. The molecule has 0 saturated heterocycles. The number of para-hydroxylation sites is 2. The Morgan fingerprint density at radius 3 is 2.60 bits per heavy atom. The number of nitrogens with zero attached hydrogens (tertiary/aromatic N) is 1. The third kappa shape index (κ3) is 6.43. The minimum absolute atomic E-state index is 0.0836. The number of aromatic nitrogens is 1. The van der Waals surface area contributed by atoms with E-state index in [1.807, 2.05) is 66.9 Å². The van der Waals surface area contributed by atoms with E-state index in [0.29, 0.717) is 18.7 Å². The average molecular weight is 472 g/mol. The maximum absolute atomic E-state index is 13.1. The molecule has 0 atom stereocenters. The number of hydrogen-bond donors (Lipinski definition) is 2. The minimum atomic E-state index is -0.0836. The number of amides is 1. The van der Waals surface area contributed by atoms with E-state index in [1.165, 1.54) is 5.56 Å². The molecule has 0 fully saturated rings. The first-order valence-corrected chi connectivity index (χ1v) is 12.0.